The van der Waals surface area contributed by atoms with E-state index < -0.39 is 11.9 Å². The molecule has 0 aliphatic heterocycles. The van der Waals surface area contributed by atoms with E-state index in [2.05, 4.69) is 5.32 Å². The molecule has 0 saturated heterocycles. The maximum absolute atomic E-state index is 11.4. The first-order valence-electron chi connectivity index (χ1n) is 5.43. The zero-order valence-electron chi connectivity index (χ0n) is 9.82. The van der Waals surface area contributed by atoms with Crippen LogP contribution in [0.1, 0.15) is 39.5 Å². The number of carbonyl (C=O) groups excluding carboxylic acids is 2. The van der Waals surface area contributed by atoms with Gasteiger partial charge in [-0.15, -0.1) is 0 Å². The van der Waals surface area contributed by atoms with Crippen molar-refractivity contribution in [3.63, 3.8) is 0 Å². The van der Waals surface area contributed by atoms with Crippen LogP contribution < -0.4 is 11.1 Å². The van der Waals surface area contributed by atoms with Gasteiger partial charge in [0.05, 0.1) is 6.07 Å². The Balaban J connectivity index is 4.08. The van der Waals surface area contributed by atoms with Gasteiger partial charge in [0, 0.05) is 12.8 Å². The minimum atomic E-state index is -0.653. The number of primary amides is 1. The van der Waals surface area contributed by atoms with Gasteiger partial charge in [-0.1, -0.05) is 13.8 Å². The molecule has 0 saturated carbocycles. The highest BCUT2D eigenvalue weighted by molar-refractivity contribution is 5.86. The topological polar surface area (TPSA) is 96.0 Å². The molecule has 0 bridgehead atoms. The maximum atomic E-state index is 11.4. The molecule has 0 rings (SSSR count). The fourth-order valence-corrected chi connectivity index (χ4v) is 1.29. The monoisotopic (exact) mass is 225 g/mol. The third-order valence-electron chi connectivity index (χ3n) is 2.05. The first-order chi connectivity index (χ1) is 7.47. The second-order valence-electron chi connectivity index (χ2n) is 4.17. The second-order valence-corrected chi connectivity index (χ2v) is 4.17. The van der Waals surface area contributed by atoms with Gasteiger partial charge in [-0.3, -0.25) is 9.59 Å². The SMILES string of the molecule is CC(C)CC(=O)N[C@@H](CCCC#N)C(N)=O. The van der Waals surface area contributed by atoms with Crippen molar-refractivity contribution in [1.82, 2.24) is 5.32 Å². The van der Waals surface area contributed by atoms with Gasteiger partial charge in [0.1, 0.15) is 6.04 Å². The molecule has 0 radical (unpaired) electrons. The Morgan fingerprint density at radius 3 is 2.50 bits per heavy atom. The van der Waals surface area contributed by atoms with E-state index in [9.17, 15) is 9.59 Å². The lowest BCUT2D eigenvalue weighted by Crippen LogP contribution is -2.44. The number of carbonyl (C=O) groups is 2. The number of hydrogen-bond donors (Lipinski definition) is 2. The van der Waals surface area contributed by atoms with Gasteiger partial charge >= 0.3 is 0 Å². The summed E-state index contributed by atoms with van der Waals surface area (Å²) in [5, 5.41) is 10.9. The molecule has 0 unspecified atom stereocenters. The van der Waals surface area contributed by atoms with Crippen LogP contribution >= 0.6 is 0 Å². The molecular weight excluding hydrogens is 206 g/mol. The Hall–Kier alpha value is -1.57. The first kappa shape index (κ1) is 14.4. The Kier molecular flexibility index (Phi) is 6.93. The van der Waals surface area contributed by atoms with Crippen molar-refractivity contribution in [1.29, 1.82) is 5.26 Å². The summed E-state index contributed by atoms with van der Waals surface area (Å²) in [6, 6.07) is 1.33. The van der Waals surface area contributed by atoms with E-state index in [-0.39, 0.29) is 11.8 Å². The van der Waals surface area contributed by atoms with E-state index in [0.29, 0.717) is 25.7 Å². The van der Waals surface area contributed by atoms with Crippen LogP contribution in [0.3, 0.4) is 0 Å². The molecule has 1 atom stereocenters. The van der Waals surface area contributed by atoms with Crippen LogP contribution in [0.15, 0.2) is 0 Å². The van der Waals surface area contributed by atoms with Crippen molar-refractivity contribution >= 4 is 11.8 Å². The highest BCUT2D eigenvalue weighted by Crippen LogP contribution is 2.03. The molecule has 0 heterocycles. The highest BCUT2D eigenvalue weighted by atomic mass is 16.2. The van der Waals surface area contributed by atoms with Crippen molar-refractivity contribution in [2.75, 3.05) is 0 Å². The van der Waals surface area contributed by atoms with Crippen LogP contribution in [0.25, 0.3) is 0 Å². The summed E-state index contributed by atoms with van der Waals surface area (Å²) < 4.78 is 0. The molecule has 0 fully saturated rings. The van der Waals surface area contributed by atoms with Crippen LogP contribution in [0.4, 0.5) is 0 Å². The molecule has 0 aliphatic carbocycles. The van der Waals surface area contributed by atoms with E-state index in [1.54, 1.807) is 0 Å². The number of amides is 2. The molecular formula is C11H19N3O2. The van der Waals surface area contributed by atoms with Crippen molar-refractivity contribution in [2.24, 2.45) is 11.7 Å². The fraction of sp³-hybridized carbons (Fsp3) is 0.727. The minimum absolute atomic E-state index is 0.171. The van der Waals surface area contributed by atoms with Gasteiger partial charge in [0.25, 0.3) is 0 Å². The number of nitrogens with zero attached hydrogens (tertiary/aromatic N) is 1. The summed E-state index contributed by atoms with van der Waals surface area (Å²) in [4.78, 5) is 22.5. The van der Waals surface area contributed by atoms with E-state index >= 15 is 0 Å². The van der Waals surface area contributed by atoms with Gasteiger partial charge < -0.3 is 11.1 Å². The zero-order chi connectivity index (χ0) is 12.6. The number of unbranched alkanes of at least 4 members (excludes halogenated alkanes) is 1. The smallest absolute Gasteiger partial charge is 0.240 e. The summed E-state index contributed by atoms with van der Waals surface area (Å²) in [7, 11) is 0. The molecule has 0 spiro atoms. The third kappa shape index (κ3) is 6.82. The standard InChI is InChI=1S/C11H19N3O2/c1-8(2)7-10(15)14-9(11(13)16)5-3-4-6-12/h8-9H,3-5,7H2,1-2H3,(H2,13,16)(H,14,15)/t9-/m0/s1. The predicted molar refractivity (Wildman–Crippen MR) is 60.0 cm³/mol. The molecule has 0 aromatic heterocycles. The lowest BCUT2D eigenvalue weighted by molar-refractivity contribution is -0.128. The molecule has 0 aliphatic rings. The Labute approximate surface area is 96.0 Å². The molecule has 5 heteroatoms. The Bertz CT molecular complexity index is 281. The molecule has 5 nitrogen and oxygen atoms in total. The minimum Gasteiger partial charge on any atom is -0.368 e. The van der Waals surface area contributed by atoms with E-state index in [0.717, 1.165) is 0 Å². The number of rotatable bonds is 7. The van der Waals surface area contributed by atoms with Crippen molar-refractivity contribution in [3.8, 4) is 6.07 Å². The Morgan fingerprint density at radius 2 is 2.06 bits per heavy atom. The van der Waals surface area contributed by atoms with Gasteiger partial charge in [-0.2, -0.15) is 5.26 Å². The molecule has 0 aromatic carbocycles. The normalized spacial score (nSPS) is 11.9. The third-order valence-corrected chi connectivity index (χ3v) is 2.05. The van der Waals surface area contributed by atoms with Crippen molar-refractivity contribution < 1.29 is 9.59 Å². The van der Waals surface area contributed by atoms with E-state index in [1.807, 2.05) is 19.9 Å². The van der Waals surface area contributed by atoms with Crippen LogP contribution in [0.2, 0.25) is 0 Å². The predicted octanol–water partition coefficient (Wildman–Crippen LogP) is 0.696. The summed E-state index contributed by atoms with van der Waals surface area (Å²) in [5.41, 5.74) is 5.16. The number of nitriles is 1. The van der Waals surface area contributed by atoms with Gasteiger partial charge in [0.2, 0.25) is 11.8 Å². The van der Waals surface area contributed by atoms with Gasteiger partial charge in [0.15, 0.2) is 0 Å². The van der Waals surface area contributed by atoms with Crippen LogP contribution in [0.5, 0.6) is 0 Å². The quantitative estimate of drug-likeness (QED) is 0.624. The zero-order valence-corrected chi connectivity index (χ0v) is 9.82. The van der Waals surface area contributed by atoms with Crippen LogP contribution in [-0.4, -0.2) is 17.9 Å². The molecule has 16 heavy (non-hydrogen) atoms. The Morgan fingerprint density at radius 1 is 1.44 bits per heavy atom. The molecule has 90 valence electrons. The summed E-state index contributed by atoms with van der Waals surface area (Å²) in [6.07, 6.45) is 1.73. The molecule has 2 amide bonds. The second kappa shape index (κ2) is 7.69. The van der Waals surface area contributed by atoms with E-state index in [4.69, 9.17) is 11.0 Å². The van der Waals surface area contributed by atoms with Gasteiger partial charge in [-0.05, 0) is 18.8 Å². The van der Waals surface area contributed by atoms with Crippen LogP contribution in [-0.2, 0) is 9.59 Å². The molecule has 3 N–H and O–H groups in total. The number of nitrogens with two attached hydrogens (primary N) is 1. The van der Waals surface area contributed by atoms with Crippen LogP contribution in [0, 0.1) is 17.2 Å². The van der Waals surface area contributed by atoms with E-state index in [1.165, 1.54) is 0 Å². The lowest BCUT2D eigenvalue weighted by atomic mass is 10.1. The average Bonchev–Trinajstić information content (AvgIpc) is 2.15. The summed E-state index contributed by atoms with van der Waals surface area (Å²) in [5.74, 6) is -0.474. The summed E-state index contributed by atoms with van der Waals surface area (Å²) >= 11 is 0. The summed E-state index contributed by atoms with van der Waals surface area (Å²) in [6.45, 7) is 3.85. The molecule has 0 aromatic rings. The number of nitrogens with one attached hydrogen (secondary N) is 1. The largest absolute Gasteiger partial charge is 0.368 e. The van der Waals surface area contributed by atoms with Crippen molar-refractivity contribution in [2.45, 2.75) is 45.6 Å². The number of hydrogen-bond acceptors (Lipinski definition) is 3. The lowest BCUT2D eigenvalue weighted by Gasteiger charge is -2.15. The maximum Gasteiger partial charge on any atom is 0.240 e. The first-order valence-corrected chi connectivity index (χ1v) is 5.43. The highest BCUT2D eigenvalue weighted by Gasteiger charge is 2.17. The van der Waals surface area contributed by atoms with Crippen molar-refractivity contribution in [3.05, 3.63) is 0 Å². The fourth-order valence-electron chi connectivity index (χ4n) is 1.29. The van der Waals surface area contributed by atoms with Gasteiger partial charge in [-0.25, -0.2) is 0 Å². The average molecular weight is 225 g/mol.